The van der Waals surface area contributed by atoms with Crippen molar-refractivity contribution in [3.63, 3.8) is 0 Å². The van der Waals surface area contributed by atoms with Crippen molar-refractivity contribution in [1.82, 2.24) is 10.6 Å². The van der Waals surface area contributed by atoms with E-state index in [0.717, 1.165) is 41.4 Å². The molecule has 31 heavy (non-hydrogen) atoms. The lowest BCUT2D eigenvalue weighted by molar-refractivity contribution is 0.240. The third kappa shape index (κ3) is 9.44. The number of nitrogens with two attached hydrogens (primary N) is 1. The molecule has 4 N–H and O–H groups in total. The summed E-state index contributed by atoms with van der Waals surface area (Å²) >= 11 is 0. The number of aryl methyl sites for hydroxylation is 1. The Labute approximate surface area is 202 Å². The highest BCUT2D eigenvalue weighted by molar-refractivity contribution is 14.0. The number of benzene rings is 2. The maximum Gasteiger partial charge on any atom is 0.238 e. The van der Waals surface area contributed by atoms with Gasteiger partial charge in [-0.1, -0.05) is 24.3 Å². The van der Waals surface area contributed by atoms with Crippen LogP contribution in [0.5, 0.6) is 5.75 Å². The molecule has 0 aliphatic heterocycles. The van der Waals surface area contributed by atoms with Crippen LogP contribution in [0.4, 0.5) is 0 Å². The highest BCUT2D eigenvalue weighted by Gasteiger charge is 2.08. The fraction of sp³-hybridized carbons (Fsp3) is 0.409. The van der Waals surface area contributed by atoms with Gasteiger partial charge in [0, 0.05) is 18.7 Å². The van der Waals surface area contributed by atoms with Crippen molar-refractivity contribution in [2.24, 2.45) is 10.1 Å². The summed E-state index contributed by atoms with van der Waals surface area (Å²) in [6.07, 6.45) is 0.822. The molecule has 0 fully saturated rings. The number of rotatable bonds is 9. The summed E-state index contributed by atoms with van der Waals surface area (Å²) in [7, 11) is -3.66. The summed E-state index contributed by atoms with van der Waals surface area (Å²) in [6, 6.07) is 12.7. The Morgan fingerprint density at radius 1 is 1.13 bits per heavy atom. The van der Waals surface area contributed by atoms with Crippen LogP contribution in [0.3, 0.4) is 0 Å². The Balaban J connectivity index is 0.00000480. The molecule has 0 saturated carbocycles. The molecule has 0 amide bonds. The molecule has 2 aromatic rings. The molecule has 9 heteroatoms. The number of nitrogens with one attached hydrogen (secondary N) is 2. The molecule has 0 atom stereocenters. The lowest BCUT2D eigenvalue weighted by Gasteiger charge is -2.15. The van der Waals surface area contributed by atoms with E-state index in [4.69, 9.17) is 9.88 Å². The summed E-state index contributed by atoms with van der Waals surface area (Å²) in [4.78, 5) is 4.79. The van der Waals surface area contributed by atoms with Gasteiger partial charge >= 0.3 is 0 Å². The Morgan fingerprint density at radius 2 is 1.81 bits per heavy atom. The number of nitrogens with zero attached hydrogens (tertiary/aromatic N) is 1. The molecule has 2 rings (SSSR count). The SMILES string of the molecule is CCNC(=NCc1ccc(C)cc1OC(C)C)NCCc1ccc(S(N)(=O)=O)cc1.I. The maximum absolute atomic E-state index is 11.3. The average molecular weight is 561 g/mol. The second-order valence-corrected chi connectivity index (χ2v) is 8.90. The first-order chi connectivity index (χ1) is 14.2. The summed E-state index contributed by atoms with van der Waals surface area (Å²) < 4.78 is 28.6. The van der Waals surface area contributed by atoms with Crippen LogP contribution >= 0.6 is 24.0 Å². The van der Waals surface area contributed by atoms with E-state index in [2.05, 4.69) is 21.7 Å². The van der Waals surface area contributed by atoms with Gasteiger partial charge in [-0.2, -0.15) is 0 Å². The Hall–Kier alpha value is -1.85. The third-order valence-corrected chi connectivity index (χ3v) is 5.22. The fourth-order valence-electron chi connectivity index (χ4n) is 2.83. The molecule has 2 aromatic carbocycles. The van der Waals surface area contributed by atoms with E-state index in [1.165, 1.54) is 12.1 Å². The normalized spacial score (nSPS) is 11.7. The number of hydrogen-bond acceptors (Lipinski definition) is 4. The van der Waals surface area contributed by atoms with Crippen molar-refractivity contribution in [1.29, 1.82) is 0 Å². The molecule has 0 aromatic heterocycles. The van der Waals surface area contributed by atoms with Crippen LogP contribution in [0.2, 0.25) is 0 Å². The number of ether oxygens (including phenoxy) is 1. The van der Waals surface area contributed by atoms with Crippen LogP contribution in [-0.4, -0.2) is 33.6 Å². The van der Waals surface area contributed by atoms with Crippen LogP contribution in [0.1, 0.15) is 37.5 Å². The van der Waals surface area contributed by atoms with Crippen LogP contribution in [0, 0.1) is 6.92 Å². The first-order valence-electron chi connectivity index (χ1n) is 10.1. The van der Waals surface area contributed by atoms with E-state index in [9.17, 15) is 8.42 Å². The fourth-order valence-corrected chi connectivity index (χ4v) is 3.35. The molecule has 172 valence electrons. The van der Waals surface area contributed by atoms with E-state index in [1.54, 1.807) is 12.1 Å². The lowest BCUT2D eigenvalue weighted by atomic mass is 10.1. The van der Waals surface area contributed by atoms with Gasteiger partial charge in [0.25, 0.3) is 0 Å². The van der Waals surface area contributed by atoms with E-state index >= 15 is 0 Å². The topological polar surface area (TPSA) is 106 Å². The van der Waals surface area contributed by atoms with Crippen molar-refractivity contribution in [2.75, 3.05) is 13.1 Å². The Kier molecular flexibility index (Phi) is 11.3. The minimum absolute atomic E-state index is 0. The second-order valence-electron chi connectivity index (χ2n) is 7.34. The van der Waals surface area contributed by atoms with Crippen LogP contribution < -0.4 is 20.5 Å². The predicted octanol–water partition coefficient (Wildman–Crippen LogP) is 3.35. The van der Waals surface area contributed by atoms with Crippen molar-refractivity contribution in [3.05, 3.63) is 59.2 Å². The van der Waals surface area contributed by atoms with Crippen LogP contribution in [0.15, 0.2) is 52.4 Å². The van der Waals surface area contributed by atoms with Gasteiger partial charge in [-0.3, -0.25) is 0 Å². The highest BCUT2D eigenvalue weighted by atomic mass is 127. The van der Waals surface area contributed by atoms with Gasteiger partial charge in [0.1, 0.15) is 5.75 Å². The number of hydrogen-bond donors (Lipinski definition) is 3. The molecular formula is C22H33IN4O3S. The summed E-state index contributed by atoms with van der Waals surface area (Å²) in [6.45, 7) is 9.99. The monoisotopic (exact) mass is 560 g/mol. The molecular weight excluding hydrogens is 527 g/mol. The molecule has 0 spiro atoms. The Bertz CT molecular complexity index is 961. The van der Waals surface area contributed by atoms with Crippen molar-refractivity contribution < 1.29 is 13.2 Å². The molecule has 7 nitrogen and oxygen atoms in total. The number of sulfonamides is 1. The summed E-state index contributed by atoms with van der Waals surface area (Å²) in [5, 5.41) is 11.7. The molecule has 0 aliphatic rings. The summed E-state index contributed by atoms with van der Waals surface area (Å²) in [5.74, 6) is 1.58. The number of guanidine groups is 1. The van der Waals surface area contributed by atoms with Crippen molar-refractivity contribution in [2.45, 2.75) is 51.7 Å². The van der Waals surface area contributed by atoms with Gasteiger partial charge in [0.15, 0.2) is 5.96 Å². The van der Waals surface area contributed by atoms with Gasteiger partial charge in [-0.05, 0) is 63.4 Å². The van der Waals surface area contributed by atoms with Gasteiger partial charge in [-0.15, -0.1) is 24.0 Å². The van der Waals surface area contributed by atoms with Gasteiger partial charge in [0.2, 0.25) is 10.0 Å². The van der Waals surface area contributed by atoms with E-state index in [0.29, 0.717) is 13.1 Å². The van der Waals surface area contributed by atoms with E-state index in [-0.39, 0.29) is 35.0 Å². The molecule has 0 saturated heterocycles. The highest BCUT2D eigenvalue weighted by Crippen LogP contribution is 2.22. The first-order valence-corrected chi connectivity index (χ1v) is 11.6. The van der Waals surface area contributed by atoms with E-state index in [1.807, 2.05) is 39.8 Å². The van der Waals surface area contributed by atoms with Crippen LogP contribution in [0.25, 0.3) is 0 Å². The molecule has 0 radical (unpaired) electrons. The largest absolute Gasteiger partial charge is 0.491 e. The lowest BCUT2D eigenvalue weighted by Crippen LogP contribution is -2.38. The van der Waals surface area contributed by atoms with Gasteiger partial charge < -0.3 is 15.4 Å². The standard InChI is InChI=1S/C22H32N4O3S.HI/c1-5-24-22(25-13-12-18-7-10-20(11-8-18)30(23,27)28)26-15-19-9-6-17(4)14-21(19)29-16(2)3;/h6-11,14,16H,5,12-13,15H2,1-4H3,(H2,23,27,28)(H2,24,25,26);1H. The van der Waals surface area contributed by atoms with Crippen LogP contribution in [-0.2, 0) is 23.0 Å². The molecule has 0 unspecified atom stereocenters. The smallest absolute Gasteiger partial charge is 0.238 e. The second kappa shape index (κ2) is 12.9. The van der Waals surface area contributed by atoms with Gasteiger partial charge in [0.05, 0.1) is 17.5 Å². The zero-order valence-corrected chi connectivity index (χ0v) is 21.7. The zero-order chi connectivity index (χ0) is 22.1. The average Bonchev–Trinajstić information content (AvgIpc) is 2.66. The quantitative estimate of drug-likeness (QED) is 0.248. The van der Waals surface area contributed by atoms with Crippen molar-refractivity contribution >= 4 is 40.0 Å². The first kappa shape index (κ1) is 27.2. The number of halogens is 1. The molecule has 0 bridgehead atoms. The number of primary sulfonamides is 1. The predicted molar refractivity (Wildman–Crippen MR) is 137 cm³/mol. The maximum atomic E-state index is 11.3. The zero-order valence-electron chi connectivity index (χ0n) is 18.5. The summed E-state index contributed by atoms with van der Waals surface area (Å²) in [5.41, 5.74) is 3.19. The minimum Gasteiger partial charge on any atom is -0.491 e. The van der Waals surface area contributed by atoms with E-state index < -0.39 is 10.0 Å². The van der Waals surface area contributed by atoms with Gasteiger partial charge in [-0.25, -0.2) is 18.5 Å². The third-order valence-electron chi connectivity index (χ3n) is 4.30. The molecule has 0 heterocycles. The molecule has 0 aliphatic carbocycles. The van der Waals surface area contributed by atoms with Crippen molar-refractivity contribution in [3.8, 4) is 5.75 Å². The Morgan fingerprint density at radius 3 is 2.39 bits per heavy atom. The minimum atomic E-state index is -3.66. The number of aliphatic imine (C=N–C) groups is 1.